The third-order valence-electron chi connectivity index (χ3n) is 6.17. The molecule has 0 spiro atoms. The van der Waals surface area contributed by atoms with Crippen LogP contribution in [-0.2, 0) is 16.6 Å². The monoisotopic (exact) mass is 494 g/mol. The molecule has 3 rings (SSSR count). The summed E-state index contributed by atoms with van der Waals surface area (Å²) in [6.07, 6.45) is 1.96. The normalized spacial score (nSPS) is 12.2. The molecule has 0 saturated heterocycles. The van der Waals surface area contributed by atoms with Gasteiger partial charge < -0.3 is 10.1 Å². The van der Waals surface area contributed by atoms with Gasteiger partial charge in [-0.25, -0.2) is 8.42 Å². The minimum Gasteiger partial charge on any atom is -0.496 e. The first kappa shape index (κ1) is 26.3. The van der Waals surface area contributed by atoms with E-state index in [0.29, 0.717) is 11.3 Å². The van der Waals surface area contributed by atoms with Crippen molar-refractivity contribution in [2.45, 2.75) is 46.7 Å². The fourth-order valence-corrected chi connectivity index (χ4v) is 5.27. The Bertz CT molecular complexity index is 1280. The fraction of sp³-hybridized carbons (Fsp3) is 0.321. The predicted octanol–water partition coefficient (Wildman–Crippen LogP) is 5.47. The number of para-hydroxylation sites is 1. The van der Waals surface area contributed by atoms with Gasteiger partial charge in [0.15, 0.2) is 0 Å². The van der Waals surface area contributed by atoms with Crippen LogP contribution >= 0.6 is 0 Å². The van der Waals surface area contributed by atoms with E-state index in [4.69, 9.17) is 4.74 Å². The zero-order valence-electron chi connectivity index (χ0n) is 21.3. The maximum atomic E-state index is 13.0. The lowest BCUT2D eigenvalue weighted by atomic mass is 10.0. The molecule has 0 aliphatic heterocycles. The van der Waals surface area contributed by atoms with Crippen LogP contribution in [0.25, 0.3) is 0 Å². The molecule has 186 valence electrons. The Labute approximate surface area is 209 Å². The van der Waals surface area contributed by atoms with Crippen molar-refractivity contribution >= 4 is 21.6 Å². The van der Waals surface area contributed by atoms with E-state index >= 15 is 0 Å². The number of hydrogen-bond acceptors (Lipinski definition) is 4. The summed E-state index contributed by atoms with van der Waals surface area (Å²) in [6.45, 7) is 8.01. The molecule has 3 aromatic rings. The van der Waals surface area contributed by atoms with E-state index in [-0.39, 0.29) is 18.5 Å². The number of nitrogens with one attached hydrogen (secondary N) is 1. The number of carbonyl (C=O) groups is 1. The Morgan fingerprint density at radius 2 is 1.60 bits per heavy atom. The Balaban J connectivity index is 1.78. The van der Waals surface area contributed by atoms with Crippen LogP contribution in [0.3, 0.4) is 0 Å². The standard InChI is InChI=1S/C28H34N2O4S/c1-7-25(24-15-16-26(34-5)21(4)17-24)29-28(31)23-13-11-22(12-14-23)18-30(35(6,32)33)27-19(2)9-8-10-20(27)3/h8-17,25H,7,18H2,1-6H3,(H,29,31). The summed E-state index contributed by atoms with van der Waals surface area (Å²) in [6, 6.07) is 18.6. The highest BCUT2D eigenvalue weighted by Gasteiger charge is 2.22. The third kappa shape index (κ3) is 6.22. The fourth-order valence-electron chi connectivity index (χ4n) is 4.27. The molecule has 1 unspecified atom stereocenters. The van der Waals surface area contributed by atoms with Gasteiger partial charge in [0.2, 0.25) is 10.0 Å². The van der Waals surface area contributed by atoms with Crippen molar-refractivity contribution < 1.29 is 17.9 Å². The zero-order valence-corrected chi connectivity index (χ0v) is 22.1. The zero-order chi connectivity index (χ0) is 25.8. The van der Waals surface area contributed by atoms with Gasteiger partial charge in [0, 0.05) is 5.56 Å². The van der Waals surface area contributed by atoms with Gasteiger partial charge in [0.25, 0.3) is 5.91 Å². The van der Waals surface area contributed by atoms with Crippen molar-refractivity contribution in [1.29, 1.82) is 0 Å². The third-order valence-corrected chi connectivity index (χ3v) is 7.28. The van der Waals surface area contributed by atoms with Crippen LogP contribution < -0.4 is 14.4 Å². The minimum atomic E-state index is -3.50. The predicted molar refractivity (Wildman–Crippen MR) is 142 cm³/mol. The second-order valence-corrected chi connectivity index (χ2v) is 10.8. The number of nitrogens with zero attached hydrogens (tertiary/aromatic N) is 1. The van der Waals surface area contributed by atoms with Crippen molar-refractivity contribution in [1.82, 2.24) is 5.32 Å². The maximum Gasteiger partial charge on any atom is 0.251 e. The number of hydrogen-bond donors (Lipinski definition) is 1. The lowest BCUT2D eigenvalue weighted by Crippen LogP contribution is -2.31. The second-order valence-electron chi connectivity index (χ2n) is 8.87. The van der Waals surface area contributed by atoms with E-state index in [1.54, 1.807) is 31.4 Å². The van der Waals surface area contributed by atoms with E-state index in [1.807, 2.05) is 64.1 Å². The van der Waals surface area contributed by atoms with Crippen molar-refractivity contribution in [3.05, 3.63) is 94.0 Å². The first-order valence-electron chi connectivity index (χ1n) is 11.6. The van der Waals surface area contributed by atoms with Gasteiger partial charge >= 0.3 is 0 Å². The topological polar surface area (TPSA) is 75.7 Å². The smallest absolute Gasteiger partial charge is 0.251 e. The van der Waals surface area contributed by atoms with Crippen molar-refractivity contribution in [2.75, 3.05) is 17.7 Å². The van der Waals surface area contributed by atoms with E-state index in [2.05, 4.69) is 5.32 Å². The van der Waals surface area contributed by atoms with Gasteiger partial charge in [0.1, 0.15) is 5.75 Å². The molecule has 0 saturated carbocycles. The van der Waals surface area contributed by atoms with Crippen molar-refractivity contribution in [3.63, 3.8) is 0 Å². The lowest BCUT2D eigenvalue weighted by Gasteiger charge is -2.26. The summed E-state index contributed by atoms with van der Waals surface area (Å²) in [7, 11) is -1.86. The number of methoxy groups -OCH3 is 1. The molecule has 0 aromatic heterocycles. The lowest BCUT2D eigenvalue weighted by molar-refractivity contribution is 0.0935. The van der Waals surface area contributed by atoms with Crippen LogP contribution in [0.2, 0.25) is 0 Å². The molecule has 6 nitrogen and oxygen atoms in total. The summed E-state index contributed by atoms with van der Waals surface area (Å²) in [4.78, 5) is 13.0. The maximum absolute atomic E-state index is 13.0. The Hall–Kier alpha value is -3.32. The molecule has 3 aromatic carbocycles. The number of amides is 1. The highest BCUT2D eigenvalue weighted by Crippen LogP contribution is 2.29. The quantitative estimate of drug-likeness (QED) is 0.428. The molecule has 0 aliphatic rings. The largest absolute Gasteiger partial charge is 0.496 e. The molecule has 35 heavy (non-hydrogen) atoms. The summed E-state index contributed by atoms with van der Waals surface area (Å²) in [5, 5.41) is 3.10. The van der Waals surface area contributed by atoms with Crippen LogP contribution in [0.4, 0.5) is 5.69 Å². The van der Waals surface area contributed by atoms with Gasteiger partial charge in [-0.2, -0.15) is 0 Å². The van der Waals surface area contributed by atoms with E-state index in [1.165, 1.54) is 10.6 Å². The molecule has 1 atom stereocenters. The number of sulfonamides is 1. The number of ether oxygens (including phenoxy) is 1. The van der Waals surface area contributed by atoms with Crippen LogP contribution in [0, 0.1) is 20.8 Å². The number of carbonyl (C=O) groups excluding carboxylic acids is 1. The summed E-state index contributed by atoms with van der Waals surface area (Å²) >= 11 is 0. The molecule has 7 heteroatoms. The average Bonchev–Trinajstić information content (AvgIpc) is 2.81. The first-order valence-corrected chi connectivity index (χ1v) is 13.5. The molecule has 1 N–H and O–H groups in total. The Kier molecular flexibility index (Phi) is 8.22. The SMILES string of the molecule is CCC(NC(=O)c1ccc(CN(c2c(C)cccc2C)S(C)(=O)=O)cc1)c1ccc(OC)c(C)c1. The molecular formula is C28H34N2O4S. The van der Waals surface area contributed by atoms with Gasteiger partial charge in [-0.15, -0.1) is 0 Å². The summed E-state index contributed by atoms with van der Waals surface area (Å²) in [5.41, 5.74) is 5.84. The van der Waals surface area contributed by atoms with Gasteiger partial charge in [-0.3, -0.25) is 9.10 Å². The van der Waals surface area contributed by atoms with Gasteiger partial charge in [0.05, 0.1) is 31.6 Å². The Morgan fingerprint density at radius 1 is 0.971 bits per heavy atom. The summed E-state index contributed by atoms with van der Waals surface area (Å²) in [5.74, 6) is 0.640. The summed E-state index contributed by atoms with van der Waals surface area (Å²) < 4.78 is 32.0. The van der Waals surface area contributed by atoms with Crippen LogP contribution in [0.15, 0.2) is 60.7 Å². The molecule has 1 amide bonds. The average molecular weight is 495 g/mol. The van der Waals surface area contributed by atoms with Crippen LogP contribution in [-0.4, -0.2) is 27.7 Å². The molecular weight excluding hydrogens is 460 g/mol. The second kappa shape index (κ2) is 11.0. The molecule has 0 fully saturated rings. The van der Waals surface area contributed by atoms with E-state index < -0.39 is 10.0 Å². The molecule has 0 heterocycles. The molecule has 0 aliphatic carbocycles. The number of aryl methyl sites for hydroxylation is 3. The highest BCUT2D eigenvalue weighted by molar-refractivity contribution is 7.92. The number of anilines is 1. The van der Waals surface area contributed by atoms with Gasteiger partial charge in [-0.05, 0) is 73.2 Å². The number of benzene rings is 3. The van der Waals surface area contributed by atoms with Crippen molar-refractivity contribution in [3.8, 4) is 5.75 Å². The number of rotatable bonds is 9. The van der Waals surface area contributed by atoms with E-state index in [9.17, 15) is 13.2 Å². The highest BCUT2D eigenvalue weighted by atomic mass is 32.2. The molecule has 0 bridgehead atoms. The Morgan fingerprint density at radius 3 is 2.11 bits per heavy atom. The van der Waals surface area contributed by atoms with E-state index in [0.717, 1.165) is 40.0 Å². The first-order chi connectivity index (χ1) is 16.5. The van der Waals surface area contributed by atoms with Crippen molar-refractivity contribution in [2.24, 2.45) is 0 Å². The van der Waals surface area contributed by atoms with Crippen LogP contribution in [0.5, 0.6) is 5.75 Å². The van der Waals surface area contributed by atoms with Gasteiger partial charge in [-0.1, -0.05) is 49.4 Å². The van der Waals surface area contributed by atoms with Crippen LogP contribution in [0.1, 0.15) is 57.6 Å². The molecule has 0 radical (unpaired) electrons. The minimum absolute atomic E-state index is 0.128.